The molecule has 0 radical (unpaired) electrons. The number of methoxy groups -OCH3 is 1. The molecule has 138 valence electrons. The highest BCUT2D eigenvalue weighted by molar-refractivity contribution is 7.99. The molecule has 0 bridgehead atoms. The van der Waals surface area contributed by atoms with E-state index in [0.717, 1.165) is 22.6 Å². The molecule has 0 saturated carbocycles. The third-order valence-electron chi connectivity index (χ3n) is 4.79. The molecule has 0 saturated heterocycles. The number of hydrogen-bond donors (Lipinski definition) is 0. The van der Waals surface area contributed by atoms with Crippen molar-refractivity contribution in [2.45, 2.75) is 31.1 Å². The molecule has 0 fully saturated rings. The van der Waals surface area contributed by atoms with E-state index in [1.165, 1.54) is 18.2 Å². The Bertz CT molecular complexity index is 804. The minimum Gasteiger partial charge on any atom is -0.489 e. The zero-order valence-corrected chi connectivity index (χ0v) is 16.8. The Morgan fingerprint density at radius 1 is 1.27 bits per heavy atom. The van der Waals surface area contributed by atoms with Crippen molar-refractivity contribution in [2.24, 2.45) is 0 Å². The van der Waals surface area contributed by atoms with Crippen molar-refractivity contribution < 1.29 is 14.3 Å². The number of ether oxygens (including phenoxy) is 2. The summed E-state index contributed by atoms with van der Waals surface area (Å²) in [5, 5.41) is 0.121. The maximum absolute atomic E-state index is 12.2. The molecule has 3 nitrogen and oxygen atoms in total. The lowest BCUT2D eigenvalue weighted by Crippen LogP contribution is -2.30. The van der Waals surface area contributed by atoms with Gasteiger partial charge in [-0.25, -0.2) is 0 Å². The highest BCUT2D eigenvalue weighted by atomic mass is 35.5. The van der Waals surface area contributed by atoms with E-state index in [2.05, 4.69) is 24.3 Å². The third kappa shape index (κ3) is 3.58. The van der Waals surface area contributed by atoms with Gasteiger partial charge in [-0.2, -0.15) is 0 Å². The van der Waals surface area contributed by atoms with Crippen LogP contribution in [0.3, 0.4) is 0 Å². The molecule has 1 unspecified atom stereocenters. The predicted molar refractivity (Wildman–Crippen MR) is 107 cm³/mol. The molecular formula is C21H23ClO3S. The molecule has 26 heavy (non-hydrogen) atoms. The van der Waals surface area contributed by atoms with Crippen molar-refractivity contribution in [2.75, 3.05) is 18.7 Å². The van der Waals surface area contributed by atoms with Crippen LogP contribution in [0.5, 0.6) is 5.75 Å². The van der Waals surface area contributed by atoms with Crippen LogP contribution in [0.15, 0.2) is 42.5 Å². The molecular weight excluding hydrogens is 368 g/mol. The molecule has 5 heteroatoms. The van der Waals surface area contributed by atoms with E-state index in [9.17, 15) is 4.79 Å². The fourth-order valence-electron chi connectivity index (χ4n) is 3.23. The van der Waals surface area contributed by atoms with Crippen LogP contribution in [-0.4, -0.2) is 24.7 Å². The quantitative estimate of drug-likeness (QED) is 0.526. The van der Waals surface area contributed by atoms with E-state index in [1.54, 1.807) is 11.8 Å². The smallest absolute Gasteiger partial charge is 0.315 e. The Morgan fingerprint density at radius 3 is 2.77 bits per heavy atom. The molecule has 0 N–H and O–H groups in total. The first-order valence-corrected chi connectivity index (χ1v) is 10.2. The summed E-state index contributed by atoms with van der Waals surface area (Å²) in [5.41, 5.74) is 3.71. The highest BCUT2D eigenvalue weighted by Gasteiger charge is 2.33. The lowest BCUT2D eigenvalue weighted by Gasteiger charge is -2.25. The molecule has 0 spiro atoms. The van der Waals surface area contributed by atoms with Crippen molar-refractivity contribution in [3.63, 3.8) is 0 Å². The molecule has 0 aliphatic carbocycles. The molecule has 1 heterocycles. The van der Waals surface area contributed by atoms with Crippen LogP contribution in [0.1, 0.15) is 41.4 Å². The van der Waals surface area contributed by atoms with Gasteiger partial charge in [-0.3, -0.25) is 4.79 Å². The number of esters is 1. The summed E-state index contributed by atoms with van der Waals surface area (Å²) in [6.07, 6.45) is 0. The average Bonchev–Trinajstić information content (AvgIpc) is 2.82. The lowest BCUT2D eigenvalue weighted by molar-refractivity contribution is -0.146. The number of carbonyl (C=O) groups excluding carboxylic acids is 1. The molecule has 0 aromatic heterocycles. The molecule has 0 amide bonds. The number of fused-ring (bicyclic) bond motifs is 2. The number of carbonyl (C=O) groups is 1. The standard InChI is InChI=1S/C21H23ClO3S/c1-21(2,20(23)24-3)15-8-9-18-17(12-15)19(26-11-10-22)16-7-5-4-6-14(16)13-25-18/h4-9,12,19H,10-11,13H2,1-3H3. The summed E-state index contributed by atoms with van der Waals surface area (Å²) < 4.78 is 11.1. The maximum Gasteiger partial charge on any atom is 0.315 e. The Balaban J connectivity index is 2.11. The predicted octanol–water partition coefficient (Wildman–Crippen LogP) is 5.09. The van der Waals surface area contributed by atoms with Gasteiger partial charge in [0.05, 0.1) is 17.8 Å². The average molecular weight is 391 g/mol. The Labute approximate surface area is 164 Å². The third-order valence-corrected chi connectivity index (χ3v) is 6.49. The first-order chi connectivity index (χ1) is 12.5. The zero-order chi connectivity index (χ0) is 18.7. The Morgan fingerprint density at radius 2 is 2.04 bits per heavy atom. The molecule has 1 atom stereocenters. The van der Waals surface area contributed by atoms with E-state index in [4.69, 9.17) is 21.1 Å². The number of alkyl halides is 1. The van der Waals surface area contributed by atoms with Gasteiger partial charge in [0.1, 0.15) is 12.4 Å². The van der Waals surface area contributed by atoms with Gasteiger partial charge in [0.25, 0.3) is 0 Å². The second-order valence-electron chi connectivity index (χ2n) is 6.80. The second-order valence-corrected chi connectivity index (χ2v) is 8.39. The van der Waals surface area contributed by atoms with Crippen LogP contribution in [0.2, 0.25) is 0 Å². The number of rotatable bonds is 5. The molecule has 3 rings (SSSR count). The normalized spacial score (nSPS) is 16.1. The number of benzene rings is 2. The summed E-state index contributed by atoms with van der Waals surface area (Å²) in [6, 6.07) is 14.4. The zero-order valence-electron chi connectivity index (χ0n) is 15.3. The van der Waals surface area contributed by atoms with Gasteiger partial charge in [-0.05, 0) is 42.7 Å². The van der Waals surface area contributed by atoms with Crippen LogP contribution in [-0.2, 0) is 21.6 Å². The number of thioether (sulfide) groups is 1. The van der Waals surface area contributed by atoms with Crippen molar-refractivity contribution >= 4 is 29.3 Å². The summed E-state index contributed by atoms with van der Waals surface area (Å²) in [5.74, 6) is 2.03. The highest BCUT2D eigenvalue weighted by Crippen LogP contribution is 2.45. The number of halogens is 1. The molecule has 2 aromatic carbocycles. The fourth-order valence-corrected chi connectivity index (χ4v) is 4.60. The summed E-state index contributed by atoms with van der Waals surface area (Å²) in [4.78, 5) is 12.2. The van der Waals surface area contributed by atoms with E-state index in [0.29, 0.717) is 12.5 Å². The Kier molecular flexibility index (Phi) is 5.83. The number of hydrogen-bond acceptors (Lipinski definition) is 4. The first kappa shape index (κ1) is 19.1. The van der Waals surface area contributed by atoms with Crippen LogP contribution in [0.25, 0.3) is 0 Å². The van der Waals surface area contributed by atoms with Crippen LogP contribution in [0.4, 0.5) is 0 Å². The minimum atomic E-state index is -0.725. The van der Waals surface area contributed by atoms with Gasteiger partial charge in [0.15, 0.2) is 0 Å². The summed E-state index contributed by atoms with van der Waals surface area (Å²) in [7, 11) is 1.42. The summed E-state index contributed by atoms with van der Waals surface area (Å²) >= 11 is 7.77. The van der Waals surface area contributed by atoms with Crippen LogP contribution < -0.4 is 4.74 Å². The monoisotopic (exact) mass is 390 g/mol. The van der Waals surface area contributed by atoms with E-state index in [-0.39, 0.29) is 11.2 Å². The lowest BCUT2D eigenvalue weighted by atomic mass is 9.83. The van der Waals surface area contributed by atoms with Crippen molar-refractivity contribution in [3.8, 4) is 5.75 Å². The fraction of sp³-hybridized carbons (Fsp3) is 0.381. The van der Waals surface area contributed by atoms with Crippen LogP contribution >= 0.6 is 23.4 Å². The molecule has 2 aromatic rings. The van der Waals surface area contributed by atoms with Gasteiger partial charge < -0.3 is 9.47 Å². The SMILES string of the molecule is COC(=O)C(C)(C)c1ccc2c(c1)C(SCCCl)c1ccccc1CO2. The van der Waals surface area contributed by atoms with Gasteiger partial charge in [-0.15, -0.1) is 23.4 Å². The van der Waals surface area contributed by atoms with Gasteiger partial charge >= 0.3 is 5.97 Å². The first-order valence-electron chi connectivity index (χ1n) is 8.60. The topological polar surface area (TPSA) is 35.5 Å². The minimum absolute atomic E-state index is 0.121. The summed E-state index contributed by atoms with van der Waals surface area (Å²) in [6.45, 7) is 4.31. The van der Waals surface area contributed by atoms with Gasteiger partial charge in [-0.1, -0.05) is 30.3 Å². The van der Waals surface area contributed by atoms with E-state index in [1.807, 2.05) is 32.0 Å². The van der Waals surface area contributed by atoms with Crippen molar-refractivity contribution in [3.05, 3.63) is 64.7 Å². The van der Waals surface area contributed by atoms with Crippen molar-refractivity contribution in [1.82, 2.24) is 0 Å². The van der Waals surface area contributed by atoms with E-state index >= 15 is 0 Å². The van der Waals surface area contributed by atoms with Crippen LogP contribution in [0, 0.1) is 0 Å². The van der Waals surface area contributed by atoms with Crippen molar-refractivity contribution in [1.29, 1.82) is 0 Å². The largest absolute Gasteiger partial charge is 0.489 e. The Hall–Kier alpha value is -1.65. The van der Waals surface area contributed by atoms with E-state index < -0.39 is 5.41 Å². The maximum atomic E-state index is 12.2. The second kappa shape index (κ2) is 7.93. The molecule has 1 aliphatic heterocycles. The molecule has 1 aliphatic rings. The van der Waals surface area contributed by atoms with Gasteiger partial charge in [0.2, 0.25) is 0 Å². The van der Waals surface area contributed by atoms with Gasteiger partial charge in [0, 0.05) is 17.2 Å².